The molecular weight excluding hydrogens is 228 g/mol. The van der Waals surface area contributed by atoms with Crippen molar-refractivity contribution in [1.29, 1.82) is 0 Å². The average Bonchev–Trinajstić information content (AvgIpc) is 2.17. The van der Waals surface area contributed by atoms with Gasteiger partial charge in [0.1, 0.15) is 0 Å². The number of hydrogen-bond donors (Lipinski definition) is 1. The summed E-state index contributed by atoms with van der Waals surface area (Å²) in [7, 11) is 0. The number of aryl methyl sites for hydroxylation is 1. The third-order valence-corrected chi connectivity index (χ3v) is 3.94. The Morgan fingerprint density at radius 1 is 1.40 bits per heavy atom. The smallest absolute Gasteiger partial charge is 0.0980 e. The van der Waals surface area contributed by atoms with Crippen LogP contribution in [0.2, 0.25) is 5.02 Å². The number of thioether (sulfide) groups is 1. The number of halogens is 1. The largest absolute Gasteiger partial charge is 0.317 e. The van der Waals surface area contributed by atoms with Crippen molar-refractivity contribution in [3.63, 3.8) is 0 Å². The molecular formula is C11H15ClN2S. The van der Waals surface area contributed by atoms with Gasteiger partial charge in [-0.1, -0.05) is 11.6 Å². The first-order valence-electron chi connectivity index (χ1n) is 5.25. The topological polar surface area (TPSA) is 24.9 Å². The lowest BCUT2D eigenvalue weighted by molar-refractivity contribution is 0.531. The highest BCUT2D eigenvalue weighted by Gasteiger charge is 2.15. The fourth-order valence-corrected chi connectivity index (χ4v) is 3.27. The molecule has 1 aliphatic rings. The molecule has 0 bridgehead atoms. The van der Waals surface area contributed by atoms with Crippen LogP contribution in [0.4, 0.5) is 0 Å². The minimum Gasteiger partial charge on any atom is -0.317 e. The Hall–Kier alpha value is -0.250. The van der Waals surface area contributed by atoms with E-state index in [0.717, 1.165) is 28.8 Å². The molecule has 2 nitrogen and oxygen atoms in total. The maximum atomic E-state index is 6.00. The third-order valence-electron chi connectivity index (χ3n) is 2.47. The summed E-state index contributed by atoms with van der Waals surface area (Å²) in [6, 6.07) is 3.86. The fraction of sp³-hybridized carbons (Fsp3) is 0.545. The summed E-state index contributed by atoms with van der Waals surface area (Å²) in [6.45, 7) is 4.23. The second kappa shape index (κ2) is 5.19. The van der Waals surface area contributed by atoms with Crippen LogP contribution in [0.5, 0.6) is 0 Å². The molecule has 15 heavy (non-hydrogen) atoms. The second-order valence-corrected chi connectivity index (χ2v) is 5.59. The highest BCUT2D eigenvalue weighted by atomic mass is 35.5. The number of hydrogen-bond acceptors (Lipinski definition) is 3. The average molecular weight is 243 g/mol. The van der Waals surface area contributed by atoms with Crippen molar-refractivity contribution in [1.82, 2.24) is 10.3 Å². The van der Waals surface area contributed by atoms with Crippen LogP contribution in [0.3, 0.4) is 0 Å². The molecule has 1 aromatic rings. The molecule has 2 heterocycles. The minimum absolute atomic E-state index is 0.691. The van der Waals surface area contributed by atoms with Crippen molar-refractivity contribution in [2.24, 2.45) is 0 Å². The van der Waals surface area contributed by atoms with Crippen LogP contribution < -0.4 is 5.32 Å². The van der Waals surface area contributed by atoms with Crippen molar-refractivity contribution in [2.45, 2.75) is 30.0 Å². The van der Waals surface area contributed by atoms with Crippen LogP contribution in [-0.2, 0) is 0 Å². The van der Waals surface area contributed by atoms with Gasteiger partial charge in [-0.2, -0.15) is 0 Å². The normalized spacial score (nSPS) is 18.0. The molecule has 0 unspecified atom stereocenters. The molecule has 1 aliphatic heterocycles. The Balaban J connectivity index is 2.02. The van der Waals surface area contributed by atoms with Gasteiger partial charge in [-0.15, -0.1) is 11.8 Å². The van der Waals surface area contributed by atoms with Gasteiger partial charge in [-0.05, 0) is 45.0 Å². The maximum Gasteiger partial charge on any atom is 0.0980 e. The van der Waals surface area contributed by atoms with Gasteiger partial charge in [0.15, 0.2) is 0 Å². The van der Waals surface area contributed by atoms with Crippen molar-refractivity contribution in [2.75, 3.05) is 13.1 Å². The van der Waals surface area contributed by atoms with Crippen molar-refractivity contribution in [3.8, 4) is 0 Å². The number of aromatic nitrogens is 1. The Labute approximate surface area is 99.8 Å². The van der Waals surface area contributed by atoms with Gasteiger partial charge in [-0.25, -0.2) is 4.98 Å². The molecule has 1 aromatic heterocycles. The Bertz CT molecular complexity index is 317. The highest BCUT2D eigenvalue weighted by molar-refractivity contribution is 7.99. The van der Waals surface area contributed by atoms with Crippen LogP contribution in [-0.4, -0.2) is 23.3 Å². The zero-order valence-electron chi connectivity index (χ0n) is 8.79. The number of rotatable bonds is 2. The minimum atomic E-state index is 0.691. The summed E-state index contributed by atoms with van der Waals surface area (Å²) >= 11 is 7.86. The molecule has 0 radical (unpaired) electrons. The Morgan fingerprint density at radius 2 is 2.13 bits per heavy atom. The SMILES string of the molecule is Cc1cc(Cl)cc(SC2CCNCC2)n1. The standard InChI is InChI=1S/C11H15ClN2S/c1-8-6-9(12)7-11(14-8)15-10-2-4-13-5-3-10/h6-7,10,13H,2-5H2,1H3. The van der Waals surface area contributed by atoms with E-state index in [0.29, 0.717) is 5.25 Å². The molecule has 2 rings (SSSR count). The summed E-state index contributed by atoms with van der Waals surface area (Å²) < 4.78 is 0. The van der Waals surface area contributed by atoms with Crippen LogP contribution in [0.25, 0.3) is 0 Å². The van der Waals surface area contributed by atoms with Gasteiger partial charge in [-0.3, -0.25) is 0 Å². The number of pyridine rings is 1. The Morgan fingerprint density at radius 3 is 2.80 bits per heavy atom. The molecule has 0 aromatic carbocycles. The van der Waals surface area contributed by atoms with Crippen LogP contribution in [0.15, 0.2) is 17.2 Å². The molecule has 4 heteroatoms. The number of nitrogens with one attached hydrogen (secondary N) is 1. The van der Waals surface area contributed by atoms with Gasteiger partial charge < -0.3 is 5.32 Å². The molecule has 0 atom stereocenters. The molecule has 1 saturated heterocycles. The van der Waals surface area contributed by atoms with E-state index in [1.807, 2.05) is 30.8 Å². The zero-order chi connectivity index (χ0) is 10.7. The van der Waals surface area contributed by atoms with E-state index >= 15 is 0 Å². The predicted molar refractivity (Wildman–Crippen MR) is 65.7 cm³/mol. The monoisotopic (exact) mass is 242 g/mol. The van der Waals surface area contributed by atoms with Crippen LogP contribution in [0.1, 0.15) is 18.5 Å². The maximum absolute atomic E-state index is 6.00. The van der Waals surface area contributed by atoms with Gasteiger partial charge in [0.25, 0.3) is 0 Å². The Kier molecular flexibility index (Phi) is 3.89. The lowest BCUT2D eigenvalue weighted by atomic mass is 10.2. The number of nitrogens with zero attached hydrogens (tertiary/aromatic N) is 1. The summed E-state index contributed by atoms with van der Waals surface area (Å²) in [5.74, 6) is 0. The van der Waals surface area contributed by atoms with Crippen LogP contribution >= 0.6 is 23.4 Å². The van der Waals surface area contributed by atoms with E-state index in [9.17, 15) is 0 Å². The third kappa shape index (κ3) is 3.37. The van der Waals surface area contributed by atoms with Gasteiger partial charge in [0, 0.05) is 16.0 Å². The van der Waals surface area contributed by atoms with E-state index in [2.05, 4.69) is 10.3 Å². The predicted octanol–water partition coefficient (Wildman–Crippen LogP) is 2.89. The molecule has 82 valence electrons. The first-order valence-corrected chi connectivity index (χ1v) is 6.51. The van der Waals surface area contributed by atoms with Crippen molar-refractivity contribution >= 4 is 23.4 Å². The molecule has 0 spiro atoms. The first kappa shape index (κ1) is 11.2. The van der Waals surface area contributed by atoms with Crippen molar-refractivity contribution in [3.05, 3.63) is 22.8 Å². The lowest BCUT2D eigenvalue weighted by Crippen LogP contribution is -2.29. The summed E-state index contributed by atoms with van der Waals surface area (Å²) in [4.78, 5) is 4.49. The first-order chi connectivity index (χ1) is 7.24. The molecule has 1 N–H and O–H groups in total. The van der Waals surface area contributed by atoms with E-state index in [4.69, 9.17) is 11.6 Å². The zero-order valence-corrected chi connectivity index (χ0v) is 10.4. The summed E-state index contributed by atoms with van der Waals surface area (Å²) in [5.41, 5.74) is 0.999. The molecule has 0 aliphatic carbocycles. The van der Waals surface area contributed by atoms with Gasteiger partial charge in [0.05, 0.1) is 5.03 Å². The fourth-order valence-electron chi connectivity index (χ4n) is 1.74. The highest BCUT2D eigenvalue weighted by Crippen LogP contribution is 2.29. The van der Waals surface area contributed by atoms with Gasteiger partial charge >= 0.3 is 0 Å². The summed E-state index contributed by atoms with van der Waals surface area (Å²) in [5, 5.41) is 5.91. The van der Waals surface area contributed by atoms with Gasteiger partial charge in [0.2, 0.25) is 0 Å². The number of piperidine rings is 1. The second-order valence-electron chi connectivity index (χ2n) is 3.83. The summed E-state index contributed by atoms with van der Waals surface area (Å²) in [6.07, 6.45) is 2.44. The van der Waals surface area contributed by atoms with E-state index in [-0.39, 0.29) is 0 Å². The molecule has 0 amide bonds. The lowest BCUT2D eigenvalue weighted by Gasteiger charge is -2.21. The van der Waals surface area contributed by atoms with E-state index in [1.165, 1.54) is 12.8 Å². The van der Waals surface area contributed by atoms with E-state index < -0.39 is 0 Å². The molecule has 0 saturated carbocycles. The quantitative estimate of drug-likeness (QED) is 0.863. The van der Waals surface area contributed by atoms with Crippen molar-refractivity contribution < 1.29 is 0 Å². The molecule has 1 fully saturated rings. The van der Waals surface area contributed by atoms with E-state index in [1.54, 1.807) is 0 Å². The van der Waals surface area contributed by atoms with Crippen LogP contribution in [0, 0.1) is 6.92 Å².